The Hall–Kier alpha value is -5.05. The molecule has 3 aromatic rings. The number of piperazine rings is 1. The lowest BCUT2D eigenvalue weighted by atomic mass is 10.0. The number of methoxy groups -OCH3 is 1. The van der Waals surface area contributed by atoms with Crippen molar-refractivity contribution >= 4 is 30.2 Å². The molecule has 0 radical (unpaired) electrons. The van der Waals surface area contributed by atoms with Gasteiger partial charge in [-0.2, -0.15) is 0 Å². The summed E-state index contributed by atoms with van der Waals surface area (Å²) < 4.78 is 28.0. The third-order valence-electron chi connectivity index (χ3n) is 8.38. The second-order valence-corrected chi connectivity index (χ2v) is 11.7. The molecule has 2 heterocycles. The van der Waals surface area contributed by atoms with Crippen LogP contribution in [-0.2, 0) is 23.9 Å². The zero-order valence-corrected chi connectivity index (χ0v) is 29.5. The van der Waals surface area contributed by atoms with Crippen molar-refractivity contribution in [3.05, 3.63) is 71.9 Å². The minimum absolute atomic E-state index is 0.0521. The molecule has 1 aliphatic rings. The molecule has 1 N–H and O–H groups in total. The molecule has 3 amide bonds. The molecular formula is C37H47N5O9. The molecule has 1 fully saturated rings. The first-order valence-corrected chi connectivity index (χ1v) is 16.9. The van der Waals surface area contributed by atoms with Crippen LogP contribution in [0.3, 0.4) is 0 Å². The van der Waals surface area contributed by atoms with E-state index in [0.717, 1.165) is 49.1 Å². The Morgan fingerprint density at radius 2 is 1.59 bits per heavy atom. The number of amides is 3. The van der Waals surface area contributed by atoms with Crippen LogP contribution in [0.1, 0.15) is 28.8 Å². The Bertz CT molecular complexity index is 1550. The second-order valence-electron chi connectivity index (χ2n) is 11.7. The quantitative estimate of drug-likeness (QED) is 0.128. The fraction of sp³-hybridized carbons (Fsp3) is 0.432. The first-order valence-electron chi connectivity index (χ1n) is 16.9. The van der Waals surface area contributed by atoms with Gasteiger partial charge in [-0.1, -0.05) is 0 Å². The van der Waals surface area contributed by atoms with Crippen molar-refractivity contribution in [3.63, 3.8) is 0 Å². The van der Waals surface area contributed by atoms with Crippen LogP contribution in [-0.4, -0.2) is 125 Å². The largest absolute Gasteiger partial charge is 0.497 e. The first kappa shape index (κ1) is 38.7. The molecular weight excluding hydrogens is 658 g/mol. The third-order valence-corrected chi connectivity index (χ3v) is 8.38. The summed E-state index contributed by atoms with van der Waals surface area (Å²) in [6.45, 7) is 8.36. The number of carbonyl (C=O) groups is 4. The van der Waals surface area contributed by atoms with Crippen LogP contribution in [0.5, 0.6) is 23.1 Å². The average molecular weight is 706 g/mol. The summed E-state index contributed by atoms with van der Waals surface area (Å²) in [6, 6.07) is 15.2. The highest BCUT2D eigenvalue weighted by Gasteiger charge is 2.30. The van der Waals surface area contributed by atoms with Gasteiger partial charge in [0.25, 0.3) is 5.91 Å². The molecule has 1 aliphatic heterocycles. The molecule has 0 spiro atoms. The number of aryl methyl sites for hydroxylation is 1. The number of aromatic nitrogens is 1. The van der Waals surface area contributed by atoms with Crippen LogP contribution < -0.4 is 24.4 Å². The fourth-order valence-corrected chi connectivity index (χ4v) is 5.52. The van der Waals surface area contributed by atoms with Crippen molar-refractivity contribution in [2.45, 2.75) is 25.8 Å². The van der Waals surface area contributed by atoms with E-state index in [0.29, 0.717) is 74.2 Å². The van der Waals surface area contributed by atoms with E-state index in [1.165, 1.54) is 7.05 Å². The van der Waals surface area contributed by atoms with Crippen LogP contribution in [0, 0.1) is 6.92 Å². The first-order chi connectivity index (χ1) is 24.9. The Morgan fingerprint density at radius 1 is 0.902 bits per heavy atom. The number of anilines is 1. The molecule has 1 aromatic heterocycles. The minimum Gasteiger partial charge on any atom is -0.497 e. The topological polar surface area (TPSA) is 149 Å². The molecule has 0 saturated carbocycles. The standard InChI is InChI=1S/C37H47N5O9/c1-28-25-29(6-12-33(28)37(46)42(27-44)34(5-4-19-43)36(45)38-2)41-16-14-40(15-17-41)18-20-48-21-22-49-23-24-50-32-11-13-35(39-26-32)51-31-9-7-30(47-3)8-10-31/h6-13,19,25-27,34H,4-5,14-18,20-24H2,1-3H3,(H,38,45). The zero-order chi connectivity index (χ0) is 36.4. The molecule has 1 saturated heterocycles. The molecule has 2 aromatic carbocycles. The van der Waals surface area contributed by atoms with E-state index in [-0.39, 0.29) is 12.8 Å². The maximum Gasteiger partial charge on any atom is 0.261 e. The van der Waals surface area contributed by atoms with Crippen LogP contribution in [0.15, 0.2) is 60.8 Å². The van der Waals surface area contributed by atoms with Crippen molar-refractivity contribution in [1.82, 2.24) is 20.1 Å². The van der Waals surface area contributed by atoms with E-state index in [4.69, 9.17) is 23.7 Å². The zero-order valence-electron chi connectivity index (χ0n) is 29.5. The summed E-state index contributed by atoms with van der Waals surface area (Å²) in [5, 5.41) is 2.46. The summed E-state index contributed by atoms with van der Waals surface area (Å²) in [4.78, 5) is 58.1. The molecule has 14 nitrogen and oxygen atoms in total. The highest BCUT2D eigenvalue weighted by Crippen LogP contribution is 2.24. The number of aldehydes is 1. The Labute approximate surface area is 298 Å². The van der Waals surface area contributed by atoms with Gasteiger partial charge in [0.15, 0.2) is 0 Å². The Kier molecular flexibility index (Phi) is 15.6. The van der Waals surface area contributed by atoms with Crippen molar-refractivity contribution in [3.8, 4) is 23.1 Å². The normalized spacial score (nSPS) is 13.6. The molecule has 1 atom stereocenters. The number of carbonyl (C=O) groups excluding carboxylic acids is 4. The van der Waals surface area contributed by atoms with E-state index < -0.39 is 17.9 Å². The smallest absolute Gasteiger partial charge is 0.261 e. The number of ether oxygens (including phenoxy) is 5. The number of pyridine rings is 1. The van der Waals surface area contributed by atoms with Gasteiger partial charge in [0.2, 0.25) is 18.2 Å². The predicted molar refractivity (Wildman–Crippen MR) is 190 cm³/mol. The van der Waals surface area contributed by atoms with Crippen LogP contribution in [0.2, 0.25) is 0 Å². The summed E-state index contributed by atoms with van der Waals surface area (Å²) in [5.41, 5.74) is 2.01. The third kappa shape index (κ3) is 11.8. The number of nitrogens with zero attached hydrogens (tertiary/aromatic N) is 4. The SMILES string of the molecule is CNC(=O)C(CCC=O)N(C=O)C(=O)c1ccc(N2CCN(CCOCCOCCOc3ccc(Oc4ccc(OC)cc4)nc3)CC2)cc1C. The van der Waals surface area contributed by atoms with Gasteiger partial charge >= 0.3 is 0 Å². The van der Waals surface area contributed by atoms with E-state index >= 15 is 0 Å². The Morgan fingerprint density at radius 3 is 2.22 bits per heavy atom. The van der Waals surface area contributed by atoms with Gasteiger partial charge in [0, 0.05) is 63.5 Å². The van der Waals surface area contributed by atoms with Gasteiger partial charge in [0.05, 0.1) is 39.7 Å². The maximum absolute atomic E-state index is 13.3. The molecule has 0 bridgehead atoms. The summed E-state index contributed by atoms with van der Waals surface area (Å²) in [7, 11) is 3.04. The fourth-order valence-electron chi connectivity index (χ4n) is 5.52. The number of nitrogens with one attached hydrogen (secondary N) is 1. The highest BCUT2D eigenvalue weighted by molar-refractivity contribution is 6.04. The molecule has 14 heteroatoms. The number of benzene rings is 2. The van der Waals surface area contributed by atoms with Crippen LogP contribution in [0.25, 0.3) is 0 Å². The van der Waals surface area contributed by atoms with Crippen molar-refractivity contribution < 1.29 is 42.9 Å². The van der Waals surface area contributed by atoms with E-state index in [1.54, 1.807) is 31.5 Å². The Balaban J connectivity index is 1.08. The molecule has 51 heavy (non-hydrogen) atoms. The number of rotatable bonds is 21. The number of hydrogen-bond donors (Lipinski definition) is 1. The minimum atomic E-state index is -1.06. The molecule has 274 valence electrons. The summed E-state index contributed by atoms with van der Waals surface area (Å²) >= 11 is 0. The molecule has 4 rings (SSSR count). The maximum atomic E-state index is 13.3. The number of likely N-dealkylation sites (N-methyl/N-ethyl adjacent to an activating group) is 1. The predicted octanol–water partition coefficient (Wildman–Crippen LogP) is 3.12. The van der Waals surface area contributed by atoms with Crippen LogP contribution >= 0.6 is 0 Å². The summed E-state index contributed by atoms with van der Waals surface area (Å²) in [6.07, 6.45) is 2.74. The lowest BCUT2D eigenvalue weighted by Crippen LogP contribution is -2.48. The van der Waals surface area contributed by atoms with E-state index in [9.17, 15) is 19.2 Å². The lowest BCUT2D eigenvalue weighted by Gasteiger charge is -2.36. The molecule has 0 aliphatic carbocycles. The summed E-state index contributed by atoms with van der Waals surface area (Å²) in [5.74, 6) is 1.43. The van der Waals surface area contributed by atoms with Crippen molar-refractivity contribution in [1.29, 1.82) is 0 Å². The lowest BCUT2D eigenvalue weighted by molar-refractivity contribution is -0.131. The number of imide groups is 1. The average Bonchev–Trinajstić information content (AvgIpc) is 3.16. The monoisotopic (exact) mass is 705 g/mol. The van der Waals surface area contributed by atoms with Gasteiger partial charge in [-0.05, 0) is 67.4 Å². The van der Waals surface area contributed by atoms with Gasteiger partial charge in [-0.3, -0.25) is 24.2 Å². The molecule has 1 unspecified atom stereocenters. The van der Waals surface area contributed by atoms with Gasteiger partial charge in [-0.15, -0.1) is 0 Å². The van der Waals surface area contributed by atoms with E-state index in [1.807, 2.05) is 43.3 Å². The van der Waals surface area contributed by atoms with Crippen molar-refractivity contribution in [2.24, 2.45) is 0 Å². The second kappa shape index (κ2) is 20.6. The van der Waals surface area contributed by atoms with Crippen molar-refractivity contribution in [2.75, 3.05) is 84.8 Å². The highest BCUT2D eigenvalue weighted by atomic mass is 16.5. The van der Waals surface area contributed by atoms with Crippen LogP contribution in [0.4, 0.5) is 5.69 Å². The van der Waals surface area contributed by atoms with E-state index in [2.05, 4.69) is 20.1 Å². The van der Waals surface area contributed by atoms with Gasteiger partial charge < -0.3 is 38.7 Å². The van der Waals surface area contributed by atoms with Gasteiger partial charge in [-0.25, -0.2) is 4.98 Å². The van der Waals surface area contributed by atoms with Gasteiger partial charge in [0.1, 0.15) is 36.2 Å². The number of hydrogen-bond acceptors (Lipinski definition) is 12.